The van der Waals surface area contributed by atoms with Gasteiger partial charge in [0.05, 0.1) is 0 Å². The van der Waals surface area contributed by atoms with Gasteiger partial charge in [0.2, 0.25) is 0 Å². The van der Waals surface area contributed by atoms with Crippen molar-refractivity contribution in [1.82, 2.24) is 0 Å². The second kappa shape index (κ2) is 11.2. The lowest BCUT2D eigenvalue weighted by Crippen LogP contribution is -2.42. The van der Waals surface area contributed by atoms with E-state index in [-0.39, 0.29) is 11.6 Å². The Morgan fingerprint density at radius 3 is 1.19 bits per heavy atom. The van der Waals surface area contributed by atoms with Crippen LogP contribution in [0.3, 0.4) is 0 Å². The fraction of sp³-hybridized carbons (Fsp3) is 0.462. The lowest BCUT2D eigenvalue weighted by molar-refractivity contribution is 0.0104. The first-order valence-corrected chi connectivity index (χ1v) is 12.5. The molecule has 2 aromatic carbocycles. The Labute approximate surface area is 192 Å². The Morgan fingerprint density at radius 1 is 0.656 bits per heavy atom. The standard InChI is InChI=1S/C26H35O5P/c1-7-25(8-2,23(27)21-15-11-19(5)12-16-21)30-32(29)31-26(9-3,10-4)24(28)22-17-13-20(6)14-18-22/h11-18,32H,7-10H2,1-6H3. The molecule has 0 unspecified atom stereocenters. The number of Topliss-reactive ketones (excluding diaryl/α,β-unsaturated/α-hetero) is 2. The van der Waals surface area contributed by atoms with Gasteiger partial charge in [0.15, 0.2) is 11.6 Å². The highest BCUT2D eigenvalue weighted by atomic mass is 31.1. The molecule has 0 radical (unpaired) electrons. The molecule has 0 aromatic heterocycles. The second-order valence-corrected chi connectivity index (χ2v) is 9.16. The van der Waals surface area contributed by atoms with Crippen molar-refractivity contribution in [2.24, 2.45) is 0 Å². The molecule has 2 rings (SSSR count). The third-order valence-corrected chi connectivity index (χ3v) is 7.41. The quantitative estimate of drug-likeness (QED) is 0.255. The lowest BCUT2D eigenvalue weighted by atomic mass is 9.88. The predicted molar refractivity (Wildman–Crippen MR) is 129 cm³/mol. The van der Waals surface area contributed by atoms with E-state index >= 15 is 0 Å². The van der Waals surface area contributed by atoms with Gasteiger partial charge in [0.25, 0.3) is 0 Å². The molecule has 0 aliphatic carbocycles. The molecule has 2 aromatic rings. The number of rotatable bonds is 12. The molecule has 32 heavy (non-hydrogen) atoms. The maximum atomic E-state index is 13.3. The van der Waals surface area contributed by atoms with E-state index in [0.717, 1.165) is 11.1 Å². The van der Waals surface area contributed by atoms with Crippen molar-refractivity contribution in [3.8, 4) is 0 Å². The Morgan fingerprint density at radius 2 is 0.938 bits per heavy atom. The zero-order valence-corrected chi connectivity index (χ0v) is 21.0. The van der Waals surface area contributed by atoms with Crippen molar-refractivity contribution < 1.29 is 23.2 Å². The first-order valence-electron chi connectivity index (χ1n) is 11.3. The summed E-state index contributed by atoms with van der Waals surface area (Å²) >= 11 is 0. The van der Waals surface area contributed by atoms with E-state index in [4.69, 9.17) is 9.05 Å². The molecular weight excluding hydrogens is 423 g/mol. The molecule has 5 nitrogen and oxygen atoms in total. The van der Waals surface area contributed by atoms with E-state index in [1.165, 1.54) is 0 Å². The molecule has 0 N–H and O–H groups in total. The Bertz CT molecular complexity index is 862. The van der Waals surface area contributed by atoms with E-state index in [1.807, 2.05) is 65.8 Å². The van der Waals surface area contributed by atoms with Gasteiger partial charge in [-0.1, -0.05) is 87.4 Å². The Balaban J connectivity index is 2.29. The van der Waals surface area contributed by atoms with Crippen LogP contribution in [0, 0.1) is 13.8 Å². The first-order chi connectivity index (χ1) is 15.2. The van der Waals surface area contributed by atoms with Gasteiger partial charge in [-0.15, -0.1) is 0 Å². The van der Waals surface area contributed by atoms with E-state index in [1.54, 1.807) is 24.3 Å². The average Bonchev–Trinajstić information content (AvgIpc) is 2.81. The highest BCUT2D eigenvalue weighted by Crippen LogP contribution is 2.43. The van der Waals surface area contributed by atoms with Crippen LogP contribution in [0.25, 0.3) is 0 Å². The molecule has 0 aliphatic rings. The molecule has 0 fully saturated rings. The first kappa shape index (κ1) is 26.2. The second-order valence-electron chi connectivity index (χ2n) is 8.25. The summed E-state index contributed by atoms with van der Waals surface area (Å²) in [5.74, 6) is -0.458. The van der Waals surface area contributed by atoms with Crippen LogP contribution < -0.4 is 0 Å². The minimum Gasteiger partial charge on any atom is -0.296 e. The molecule has 0 amide bonds. The highest BCUT2D eigenvalue weighted by Gasteiger charge is 2.43. The third-order valence-electron chi connectivity index (χ3n) is 6.30. The van der Waals surface area contributed by atoms with Gasteiger partial charge in [-0.2, -0.15) is 0 Å². The molecule has 0 spiro atoms. The number of benzene rings is 2. The fourth-order valence-electron chi connectivity index (χ4n) is 3.80. The third kappa shape index (κ3) is 5.64. The van der Waals surface area contributed by atoms with Crippen LogP contribution in [0.2, 0.25) is 0 Å². The number of aryl methyl sites for hydroxylation is 2. The largest absolute Gasteiger partial charge is 0.321 e. The molecule has 174 valence electrons. The maximum absolute atomic E-state index is 13.3. The van der Waals surface area contributed by atoms with Crippen LogP contribution in [0.5, 0.6) is 0 Å². The maximum Gasteiger partial charge on any atom is 0.321 e. The van der Waals surface area contributed by atoms with Gasteiger partial charge >= 0.3 is 8.25 Å². The summed E-state index contributed by atoms with van der Waals surface area (Å²) in [6, 6.07) is 14.5. The summed E-state index contributed by atoms with van der Waals surface area (Å²) in [5, 5.41) is 0. The highest BCUT2D eigenvalue weighted by molar-refractivity contribution is 7.33. The molecule has 0 aliphatic heterocycles. The fourth-order valence-corrected chi connectivity index (χ4v) is 5.24. The van der Waals surface area contributed by atoms with Gasteiger partial charge in [-0.25, -0.2) is 0 Å². The number of ketones is 2. The van der Waals surface area contributed by atoms with Crippen LogP contribution in [0.4, 0.5) is 0 Å². The van der Waals surface area contributed by atoms with Gasteiger partial charge in [-0.05, 0) is 39.5 Å². The molecule has 6 heteroatoms. The number of carbonyl (C=O) groups is 2. The molecular formula is C26H35O5P. The Kier molecular flexibility index (Phi) is 9.15. The van der Waals surface area contributed by atoms with E-state index < -0.39 is 19.5 Å². The smallest absolute Gasteiger partial charge is 0.296 e. The van der Waals surface area contributed by atoms with Crippen LogP contribution in [-0.4, -0.2) is 22.8 Å². The van der Waals surface area contributed by atoms with Crippen molar-refractivity contribution in [3.05, 3.63) is 70.8 Å². The van der Waals surface area contributed by atoms with Crippen molar-refractivity contribution in [2.75, 3.05) is 0 Å². The minimum absolute atomic E-state index is 0.229. The molecule has 0 heterocycles. The topological polar surface area (TPSA) is 69.7 Å². The van der Waals surface area contributed by atoms with Gasteiger partial charge < -0.3 is 0 Å². The predicted octanol–water partition coefficient (Wildman–Crippen LogP) is 6.91. The van der Waals surface area contributed by atoms with E-state index in [2.05, 4.69) is 0 Å². The van der Waals surface area contributed by atoms with Crippen LogP contribution in [0.15, 0.2) is 48.5 Å². The average molecular weight is 459 g/mol. The van der Waals surface area contributed by atoms with Crippen molar-refractivity contribution >= 4 is 19.8 Å². The van der Waals surface area contributed by atoms with Gasteiger partial charge in [0.1, 0.15) is 11.2 Å². The zero-order valence-electron chi connectivity index (χ0n) is 20.0. The normalized spacial score (nSPS) is 12.2. The lowest BCUT2D eigenvalue weighted by Gasteiger charge is -2.34. The Hall–Kier alpha value is -2.07. The zero-order chi connectivity index (χ0) is 23.9. The number of hydrogen-bond acceptors (Lipinski definition) is 5. The molecule has 0 saturated carbocycles. The monoisotopic (exact) mass is 458 g/mol. The van der Waals surface area contributed by atoms with Crippen molar-refractivity contribution in [2.45, 2.75) is 78.4 Å². The van der Waals surface area contributed by atoms with Gasteiger partial charge in [0, 0.05) is 11.1 Å². The summed E-state index contributed by atoms with van der Waals surface area (Å²) in [5.41, 5.74) is 0.548. The van der Waals surface area contributed by atoms with Crippen LogP contribution in [-0.2, 0) is 13.6 Å². The summed E-state index contributed by atoms with van der Waals surface area (Å²) in [6.07, 6.45) is 1.36. The van der Waals surface area contributed by atoms with Crippen molar-refractivity contribution in [3.63, 3.8) is 0 Å². The molecule has 0 atom stereocenters. The number of carbonyl (C=O) groups excluding carboxylic acids is 2. The van der Waals surface area contributed by atoms with Crippen LogP contribution >= 0.6 is 8.25 Å². The SMILES string of the molecule is CCC(CC)(O[PH](=O)OC(CC)(CC)C(=O)c1ccc(C)cc1)C(=O)c1ccc(C)cc1. The molecule has 0 bridgehead atoms. The minimum atomic E-state index is -3.16. The van der Waals surface area contributed by atoms with Gasteiger partial charge in [-0.3, -0.25) is 23.2 Å². The van der Waals surface area contributed by atoms with E-state index in [0.29, 0.717) is 36.8 Å². The van der Waals surface area contributed by atoms with Crippen molar-refractivity contribution in [1.29, 1.82) is 0 Å². The van der Waals surface area contributed by atoms with Crippen LogP contribution in [0.1, 0.15) is 85.2 Å². The summed E-state index contributed by atoms with van der Waals surface area (Å²) in [4.78, 5) is 26.6. The number of hydrogen-bond donors (Lipinski definition) is 0. The summed E-state index contributed by atoms with van der Waals surface area (Å²) in [7, 11) is -3.16. The summed E-state index contributed by atoms with van der Waals surface area (Å²) < 4.78 is 24.9. The molecule has 0 saturated heterocycles. The summed E-state index contributed by atoms with van der Waals surface area (Å²) in [6.45, 7) is 11.2. The van der Waals surface area contributed by atoms with E-state index in [9.17, 15) is 14.2 Å².